The van der Waals surface area contributed by atoms with Crippen LogP contribution in [0.1, 0.15) is 41.6 Å². The van der Waals surface area contributed by atoms with Gasteiger partial charge in [0.15, 0.2) is 16.0 Å². The van der Waals surface area contributed by atoms with Crippen LogP contribution in [0.15, 0.2) is 58.9 Å². The van der Waals surface area contributed by atoms with E-state index in [0.29, 0.717) is 22.1 Å². The first-order valence-electron chi connectivity index (χ1n) is 17.4. The van der Waals surface area contributed by atoms with Gasteiger partial charge in [-0.25, -0.2) is 31.3 Å². The van der Waals surface area contributed by atoms with Crippen LogP contribution in [0, 0.1) is 11.6 Å². The average molecular weight is 918 g/mol. The number of nitrogens with zero attached hydrogens (tertiary/aromatic N) is 4. The summed E-state index contributed by atoms with van der Waals surface area (Å²) in [6.45, 7) is 2.63. The Morgan fingerprint density at radius 3 is 2.22 bits per heavy atom. The van der Waals surface area contributed by atoms with E-state index in [2.05, 4.69) is 26.0 Å². The highest BCUT2D eigenvalue weighted by atomic mass is 35.5. The number of amides is 3. The number of carbonyl (C=O) groups excluding carboxylic acids is 3. The summed E-state index contributed by atoms with van der Waals surface area (Å²) in [5.41, 5.74) is -1.22. The molecule has 60 heavy (non-hydrogen) atoms. The first-order valence-corrected chi connectivity index (χ1v) is 21.7. The summed E-state index contributed by atoms with van der Waals surface area (Å²) >= 11 is 8.45. The number of hydrogen-bond acceptors (Lipinski definition) is 11. The molecule has 0 radical (unpaired) electrons. The Hall–Kier alpha value is -5.19. The van der Waals surface area contributed by atoms with Gasteiger partial charge < -0.3 is 25.4 Å². The molecular weight excluding hydrogens is 881 g/mol. The van der Waals surface area contributed by atoms with Crippen molar-refractivity contribution in [3.05, 3.63) is 87.3 Å². The van der Waals surface area contributed by atoms with E-state index in [4.69, 9.17) is 21.1 Å². The Bertz CT molecular complexity index is 2510. The molecule has 23 heteroatoms. The molecule has 0 aliphatic heterocycles. The van der Waals surface area contributed by atoms with Crippen LogP contribution >= 0.6 is 34.7 Å². The molecule has 3 N–H and O–H groups in total. The zero-order valence-corrected chi connectivity index (χ0v) is 35.7. The van der Waals surface area contributed by atoms with Gasteiger partial charge in [-0.1, -0.05) is 35.5 Å². The number of thiazole rings is 1. The maximum absolute atomic E-state index is 14.1. The molecule has 0 saturated carbocycles. The van der Waals surface area contributed by atoms with E-state index in [9.17, 15) is 44.8 Å². The van der Waals surface area contributed by atoms with Crippen molar-refractivity contribution >= 4 is 90.9 Å². The van der Waals surface area contributed by atoms with E-state index in [0.717, 1.165) is 45.8 Å². The molecule has 2 heterocycles. The van der Waals surface area contributed by atoms with Crippen molar-refractivity contribution < 1.29 is 54.2 Å². The first kappa shape index (κ1) is 45.9. The number of hydrogen-bond donors (Lipinski definition) is 3. The number of rotatable bonds is 14. The zero-order valence-electron chi connectivity index (χ0n) is 32.5. The van der Waals surface area contributed by atoms with E-state index < -0.39 is 76.2 Å². The van der Waals surface area contributed by atoms with Crippen LogP contribution in [0.4, 0.5) is 44.1 Å². The predicted molar refractivity (Wildman–Crippen MR) is 219 cm³/mol. The molecule has 0 bridgehead atoms. The molecule has 0 unspecified atom stereocenters. The van der Waals surface area contributed by atoms with Crippen LogP contribution in [0.5, 0.6) is 5.75 Å². The fourth-order valence-electron chi connectivity index (χ4n) is 5.70. The lowest BCUT2D eigenvalue weighted by molar-refractivity contribution is -0.141. The molecule has 0 aliphatic carbocycles. The quantitative estimate of drug-likeness (QED) is 0.0732. The lowest BCUT2D eigenvalue weighted by Crippen LogP contribution is -2.47. The third kappa shape index (κ3) is 11.8. The fraction of sp³-hybridized carbons (Fsp3) is 0.324. The summed E-state index contributed by atoms with van der Waals surface area (Å²) in [6, 6.07) is 9.71. The highest BCUT2D eigenvalue weighted by Gasteiger charge is 2.35. The van der Waals surface area contributed by atoms with Crippen molar-refractivity contribution in [2.45, 2.75) is 62.4 Å². The number of sulfonamides is 1. The SMILES string of the molecule is COc1ccc(CN(c2nn(CC(F)(F)F)c3c(NC(=O)c4sc(SC)nc4NC(=O)[C@H](Cc4cc(F)cc(F)c4)NC(=O)OC(C)(C)C)ccc(Cl)c23)S(C)(=O)=O)cc1. The number of thioether (sulfide) groups is 1. The van der Waals surface area contributed by atoms with Crippen molar-refractivity contribution in [3.8, 4) is 5.75 Å². The highest BCUT2D eigenvalue weighted by Crippen LogP contribution is 2.40. The molecular formula is C37H37ClF5N7O7S3. The smallest absolute Gasteiger partial charge is 0.408 e. The molecule has 0 saturated heterocycles. The van der Waals surface area contributed by atoms with Gasteiger partial charge in [-0.3, -0.25) is 14.3 Å². The van der Waals surface area contributed by atoms with Crippen LogP contribution in [-0.4, -0.2) is 78.5 Å². The summed E-state index contributed by atoms with van der Waals surface area (Å²) in [4.78, 5) is 44.7. The Labute approximate surface area is 353 Å². The van der Waals surface area contributed by atoms with Crippen LogP contribution in [0.25, 0.3) is 10.9 Å². The van der Waals surface area contributed by atoms with Crippen LogP contribution in [0.2, 0.25) is 5.02 Å². The Morgan fingerprint density at radius 2 is 1.65 bits per heavy atom. The lowest BCUT2D eigenvalue weighted by atomic mass is 10.0. The number of aromatic nitrogens is 3. The molecule has 3 aromatic carbocycles. The molecule has 5 aromatic rings. The Morgan fingerprint density at radius 1 is 1.00 bits per heavy atom. The van der Waals surface area contributed by atoms with Gasteiger partial charge in [0.25, 0.3) is 5.91 Å². The van der Waals surface area contributed by atoms with E-state index in [-0.39, 0.29) is 48.8 Å². The largest absolute Gasteiger partial charge is 0.497 e. The third-order valence-corrected chi connectivity index (χ3v) is 11.6. The average Bonchev–Trinajstić information content (AvgIpc) is 3.71. The van der Waals surface area contributed by atoms with Gasteiger partial charge in [0, 0.05) is 12.5 Å². The fourth-order valence-corrected chi connectivity index (χ4v) is 8.18. The van der Waals surface area contributed by atoms with E-state index in [1.165, 1.54) is 19.2 Å². The zero-order chi connectivity index (χ0) is 44.3. The standard InChI is InChI=1S/C37H37ClF5N7O7S3/c1-36(2,3)57-34(53)45-26(15-20-13-21(39)16-22(40)14-20)32(51)46-30-29(59-35(47-30)58-5)33(52)44-25-12-11-24(38)27-28(25)49(18-37(41,42)43)48-31(27)50(60(6,54)55)17-19-7-9-23(56-4)10-8-19/h7-14,16,26H,15,17-18H2,1-6H3,(H,44,52)(H,45,53)(H,46,51)/t26-/m0/s1. The monoisotopic (exact) mass is 917 g/mol. The number of methoxy groups -OCH3 is 1. The number of alkyl carbamates (subject to hydrolysis) is 1. The van der Waals surface area contributed by atoms with Crippen molar-refractivity contribution in [2.24, 2.45) is 0 Å². The number of alkyl halides is 3. The summed E-state index contributed by atoms with van der Waals surface area (Å²) in [6.07, 6.45) is -3.89. The normalized spacial score (nSPS) is 12.5. The second-order valence-corrected chi connectivity index (χ2v) is 18.4. The minimum atomic E-state index is -4.88. The number of ether oxygens (including phenoxy) is 2. The summed E-state index contributed by atoms with van der Waals surface area (Å²) in [5, 5.41) is 11.0. The molecule has 0 spiro atoms. The third-order valence-electron chi connectivity index (χ3n) is 8.12. The van der Waals surface area contributed by atoms with Gasteiger partial charge in [-0.05, 0) is 74.6 Å². The Kier molecular flexibility index (Phi) is 13.9. The van der Waals surface area contributed by atoms with Crippen molar-refractivity contribution in [1.29, 1.82) is 0 Å². The first-order chi connectivity index (χ1) is 27.9. The Balaban J connectivity index is 1.54. The molecule has 3 amide bonds. The van der Waals surface area contributed by atoms with Gasteiger partial charge in [-0.2, -0.15) is 18.3 Å². The summed E-state index contributed by atoms with van der Waals surface area (Å²) in [5.74, 6) is -4.14. The van der Waals surface area contributed by atoms with Gasteiger partial charge in [0.2, 0.25) is 15.9 Å². The summed E-state index contributed by atoms with van der Waals surface area (Å²) in [7, 11) is -2.80. The van der Waals surface area contributed by atoms with Gasteiger partial charge in [-0.15, -0.1) is 11.3 Å². The predicted octanol–water partition coefficient (Wildman–Crippen LogP) is 8.01. The van der Waals surface area contributed by atoms with E-state index in [1.54, 1.807) is 51.3 Å². The number of halogens is 6. The molecule has 1 atom stereocenters. The van der Waals surface area contributed by atoms with Crippen LogP contribution < -0.4 is 25.0 Å². The second-order valence-electron chi connectivity index (χ2n) is 14.0. The lowest BCUT2D eigenvalue weighted by Gasteiger charge is -2.23. The minimum absolute atomic E-state index is 0.00946. The van der Waals surface area contributed by atoms with Gasteiger partial charge in [0.1, 0.15) is 40.4 Å². The maximum Gasteiger partial charge on any atom is 0.408 e. The molecule has 2 aromatic heterocycles. The van der Waals surface area contributed by atoms with Gasteiger partial charge >= 0.3 is 12.3 Å². The molecule has 322 valence electrons. The van der Waals surface area contributed by atoms with Crippen molar-refractivity contribution in [2.75, 3.05) is 34.6 Å². The number of fused-ring (bicyclic) bond motifs is 1. The topological polar surface area (TPSA) is 174 Å². The number of carbonyl (C=O) groups is 3. The van der Waals surface area contributed by atoms with Crippen LogP contribution in [-0.2, 0) is 39.1 Å². The van der Waals surface area contributed by atoms with Crippen molar-refractivity contribution in [3.63, 3.8) is 0 Å². The molecule has 0 fully saturated rings. The van der Waals surface area contributed by atoms with Crippen LogP contribution in [0.3, 0.4) is 0 Å². The second kappa shape index (κ2) is 18.2. The molecule has 5 rings (SSSR count). The van der Waals surface area contributed by atoms with E-state index >= 15 is 0 Å². The van der Waals surface area contributed by atoms with E-state index in [1.807, 2.05) is 0 Å². The number of anilines is 3. The number of nitrogens with one attached hydrogen (secondary N) is 3. The van der Waals surface area contributed by atoms with Gasteiger partial charge in [0.05, 0.1) is 41.5 Å². The number of benzene rings is 3. The molecule has 0 aliphatic rings. The molecule has 14 nitrogen and oxygen atoms in total. The summed E-state index contributed by atoms with van der Waals surface area (Å²) < 4.78 is 109. The minimum Gasteiger partial charge on any atom is -0.497 e. The maximum atomic E-state index is 14.1. The van der Waals surface area contributed by atoms with Crippen molar-refractivity contribution in [1.82, 2.24) is 20.1 Å². The highest BCUT2D eigenvalue weighted by molar-refractivity contribution is 8.00.